The van der Waals surface area contributed by atoms with Crippen molar-refractivity contribution in [1.29, 1.82) is 0 Å². The number of nitrogens with zero attached hydrogens (tertiary/aromatic N) is 3. The minimum Gasteiger partial charge on any atom is -0.478 e. The molecule has 1 aromatic carbocycles. The number of aryl methyl sites for hydroxylation is 1. The van der Waals surface area contributed by atoms with E-state index < -0.39 is 12.0 Å². The second kappa shape index (κ2) is 4.58. The van der Waals surface area contributed by atoms with Crippen LogP contribution in [-0.4, -0.2) is 39.3 Å². The van der Waals surface area contributed by atoms with Crippen LogP contribution in [0, 0.1) is 0 Å². The molecule has 1 fully saturated rings. The molecule has 0 bridgehead atoms. The minimum absolute atomic E-state index is 0.0650. The van der Waals surface area contributed by atoms with Gasteiger partial charge in [-0.05, 0) is 12.1 Å². The van der Waals surface area contributed by atoms with Crippen molar-refractivity contribution in [1.82, 2.24) is 15.1 Å². The normalized spacial score (nSPS) is 15.4. The third-order valence-corrected chi connectivity index (χ3v) is 3.29. The van der Waals surface area contributed by atoms with Gasteiger partial charge in [0.05, 0.1) is 11.3 Å². The van der Waals surface area contributed by atoms with Gasteiger partial charge in [0, 0.05) is 31.6 Å². The highest BCUT2D eigenvalue weighted by Crippen LogP contribution is 2.28. The summed E-state index contributed by atoms with van der Waals surface area (Å²) in [6, 6.07) is 2.33. The Labute approximate surface area is 118 Å². The van der Waals surface area contributed by atoms with Gasteiger partial charge in [0.2, 0.25) is 5.91 Å². The lowest BCUT2D eigenvalue weighted by molar-refractivity contribution is -0.120. The number of rotatable bonds is 2. The Kier molecular flexibility index (Phi) is 2.86. The fourth-order valence-corrected chi connectivity index (χ4v) is 2.36. The van der Waals surface area contributed by atoms with Gasteiger partial charge in [0.15, 0.2) is 0 Å². The molecule has 2 aromatic rings. The van der Waals surface area contributed by atoms with Crippen LogP contribution in [0.15, 0.2) is 18.3 Å². The number of imide groups is 1. The van der Waals surface area contributed by atoms with Crippen LogP contribution in [0.1, 0.15) is 16.8 Å². The van der Waals surface area contributed by atoms with Crippen LogP contribution in [0.5, 0.6) is 0 Å². The van der Waals surface area contributed by atoms with Crippen molar-refractivity contribution in [2.75, 3.05) is 11.4 Å². The van der Waals surface area contributed by atoms with E-state index in [1.54, 1.807) is 17.9 Å². The minimum atomic E-state index is -1.09. The maximum atomic E-state index is 11.9. The Morgan fingerprint density at radius 1 is 1.38 bits per heavy atom. The van der Waals surface area contributed by atoms with Gasteiger partial charge >= 0.3 is 12.0 Å². The first-order valence-electron chi connectivity index (χ1n) is 6.28. The number of benzene rings is 1. The van der Waals surface area contributed by atoms with Crippen LogP contribution in [0.4, 0.5) is 10.5 Å². The van der Waals surface area contributed by atoms with Crippen molar-refractivity contribution in [3.63, 3.8) is 0 Å². The number of carboxylic acid groups (broad SMARTS) is 1. The maximum Gasteiger partial charge on any atom is 0.335 e. The molecule has 0 atom stereocenters. The lowest BCUT2D eigenvalue weighted by Crippen LogP contribution is -2.49. The van der Waals surface area contributed by atoms with Crippen molar-refractivity contribution < 1.29 is 19.5 Å². The van der Waals surface area contributed by atoms with Gasteiger partial charge in [-0.2, -0.15) is 5.10 Å². The number of aromatic nitrogens is 2. The number of carboxylic acids is 1. The lowest BCUT2D eigenvalue weighted by Gasteiger charge is -2.26. The Morgan fingerprint density at radius 2 is 2.14 bits per heavy atom. The molecule has 108 valence electrons. The monoisotopic (exact) mass is 288 g/mol. The van der Waals surface area contributed by atoms with Crippen molar-refractivity contribution >= 4 is 34.5 Å². The lowest BCUT2D eigenvalue weighted by atomic mass is 10.1. The van der Waals surface area contributed by atoms with Crippen LogP contribution < -0.4 is 10.2 Å². The zero-order valence-corrected chi connectivity index (χ0v) is 11.2. The fourth-order valence-electron chi connectivity index (χ4n) is 2.36. The highest BCUT2D eigenvalue weighted by atomic mass is 16.4. The maximum absolute atomic E-state index is 11.9. The average Bonchev–Trinajstić information content (AvgIpc) is 2.78. The van der Waals surface area contributed by atoms with Crippen molar-refractivity contribution in [3.8, 4) is 0 Å². The number of carbonyl (C=O) groups excluding carboxylic acids is 2. The Balaban J connectivity index is 2.17. The highest BCUT2D eigenvalue weighted by Gasteiger charge is 2.27. The second-order valence-corrected chi connectivity index (χ2v) is 4.80. The molecule has 21 heavy (non-hydrogen) atoms. The largest absolute Gasteiger partial charge is 0.478 e. The Bertz CT molecular complexity index is 780. The standard InChI is InChI=1S/C13H12N4O4/c1-16-6-8-4-7(12(19)20)5-9(11(8)15-16)17-3-2-10(18)14-13(17)21/h4-6H,2-3H2,1H3,(H,19,20)(H,14,18,21). The number of aromatic carboxylic acids is 1. The van der Waals surface area contributed by atoms with Crippen molar-refractivity contribution in [2.24, 2.45) is 7.05 Å². The molecule has 1 saturated heterocycles. The molecule has 1 aliphatic rings. The van der Waals surface area contributed by atoms with Crippen LogP contribution >= 0.6 is 0 Å². The van der Waals surface area contributed by atoms with E-state index in [0.717, 1.165) is 0 Å². The van der Waals surface area contributed by atoms with Gasteiger partial charge in [-0.25, -0.2) is 9.59 Å². The number of hydrogen-bond acceptors (Lipinski definition) is 4. The van der Waals surface area contributed by atoms with Gasteiger partial charge in [-0.15, -0.1) is 0 Å². The van der Waals surface area contributed by atoms with E-state index in [2.05, 4.69) is 10.4 Å². The predicted octanol–water partition coefficient (Wildman–Crippen LogP) is 0.718. The molecule has 3 amide bonds. The zero-order valence-electron chi connectivity index (χ0n) is 11.2. The van der Waals surface area contributed by atoms with E-state index in [-0.39, 0.29) is 24.4 Å². The van der Waals surface area contributed by atoms with E-state index in [0.29, 0.717) is 16.6 Å². The van der Waals surface area contributed by atoms with Gasteiger partial charge in [0.25, 0.3) is 0 Å². The summed E-state index contributed by atoms with van der Waals surface area (Å²) in [6.07, 6.45) is 1.84. The summed E-state index contributed by atoms with van der Waals surface area (Å²) in [6.45, 7) is 0.194. The summed E-state index contributed by atoms with van der Waals surface area (Å²) < 4.78 is 1.55. The number of carbonyl (C=O) groups is 3. The molecule has 0 radical (unpaired) electrons. The van der Waals surface area contributed by atoms with E-state index in [1.165, 1.54) is 17.0 Å². The summed E-state index contributed by atoms with van der Waals surface area (Å²) in [4.78, 5) is 35.7. The van der Waals surface area contributed by atoms with E-state index >= 15 is 0 Å². The SMILES string of the molecule is Cn1cc2cc(C(=O)O)cc(N3CCC(=O)NC3=O)c2n1. The average molecular weight is 288 g/mol. The third-order valence-electron chi connectivity index (χ3n) is 3.29. The number of hydrogen-bond donors (Lipinski definition) is 2. The summed E-state index contributed by atoms with van der Waals surface area (Å²) in [7, 11) is 1.71. The molecule has 0 unspecified atom stereocenters. The molecule has 2 N–H and O–H groups in total. The number of urea groups is 1. The van der Waals surface area contributed by atoms with E-state index in [4.69, 9.17) is 0 Å². The highest BCUT2D eigenvalue weighted by molar-refractivity contribution is 6.10. The van der Waals surface area contributed by atoms with Crippen molar-refractivity contribution in [2.45, 2.75) is 6.42 Å². The Hall–Kier alpha value is -2.90. The molecule has 1 aliphatic heterocycles. The first-order chi connectivity index (χ1) is 9.95. The molecule has 0 spiro atoms. The topological polar surface area (TPSA) is 105 Å². The Morgan fingerprint density at radius 3 is 2.81 bits per heavy atom. The number of anilines is 1. The molecule has 3 rings (SSSR count). The fraction of sp³-hybridized carbons (Fsp3) is 0.231. The van der Waals surface area contributed by atoms with Gasteiger partial charge in [0.1, 0.15) is 5.52 Å². The predicted molar refractivity (Wildman–Crippen MR) is 73.2 cm³/mol. The second-order valence-electron chi connectivity index (χ2n) is 4.80. The van der Waals surface area contributed by atoms with Crippen LogP contribution in [-0.2, 0) is 11.8 Å². The number of amides is 3. The first kappa shape index (κ1) is 13.1. The van der Waals surface area contributed by atoms with Gasteiger partial charge in [-0.1, -0.05) is 0 Å². The zero-order chi connectivity index (χ0) is 15.1. The summed E-state index contributed by atoms with van der Waals surface area (Å²) in [5.74, 6) is -1.43. The molecule has 8 nitrogen and oxygen atoms in total. The van der Waals surface area contributed by atoms with Gasteiger partial charge < -0.3 is 5.11 Å². The van der Waals surface area contributed by atoms with Crippen LogP contribution in [0.25, 0.3) is 10.9 Å². The molecule has 0 saturated carbocycles. The summed E-state index contributed by atoms with van der Waals surface area (Å²) in [5.41, 5.74) is 0.970. The quantitative estimate of drug-likeness (QED) is 0.847. The molecule has 8 heteroatoms. The summed E-state index contributed by atoms with van der Waals surface area (Å²) in [5, 5.41) is 16.3. The van der Waals surface area contributed by atoms with Crippen molar-refractivity contribution in [3.05, 3.63) is 23.9 Å². The molecule has 0 aliphatic carbocycles. The molecular weight excluding hydrogens is 276 g/mol. The summed E-state index contributed by atoms with van der Waals surface area (Å²) >= 11 is 0. The molecule has 1 aromatic heterocycles. The third kappa shape index (κ3) is 2.20. The van der Waals surface area contributed by atoms with E-state index in [1.807, 2.05) is 0 Å². The van der Waals surface area contributed by atoms with Crippen LogP contribution in [0.3, 0.4) is 0 Å². The molecular formula is C13H12N4O4. The number of nitrogens with one attached hydrogen (secondary N) is 1. The number of fused-ring (bicyclic) bond motifs is 1. The van der Waals surface area contributed by atoms with Crippen LogP contribution in [0.2, 0.25) is 0 Å². The van der Waals surface area contributed by atoms with E-state index in [9.17, 15) is 19.5 Å². The first-order valence-corrected chi connectivity index (χ1v) is 6.28. The molecule has 2 heterocycles. The van der Waals surface area contributed by atoms with Gasteiger partial charge in [-0.3, -0.25) is 19.7 Å². The smallest absolute Gasteiger partial charge is 0.335 e.